The van der Waals surface area contributed by atoms with Crippen LogP contribution in [0.3, 0.4) is 0 Å². The average molecular weight is 284 g/mol. The topological polar surface area (TPSA) is 106 Å². The fourth-order valence-corrected chi connectivity index (χ4v) is 2.03. The number of hydrogen-bond donors (Lipinski definition) is 2. The van der Waals surface area contributed by atoms with Crippen LogP contribution in [0.1, 0.15) is 0 Å². The number of ether oxygens (including phenoxy) is 1. The molecule has 1 atom stereocenters. The van der Waals surface area contributed by atoms with Gasteiger partial charge in [-0.2, -0.15) is 0 Å². The second kappa shape index (κ2) is 7.65. The number of methoxy groups -OCH3 is 1. The number of amides is 1. The fraction of sp³-hybridized carbons (Fsp3) is 0.333. The second-order valence-electron chi connectivity index (χ2n) is 3.81. The van der Waals surface area contributed by atoms with Gasteiger partial charge in [-0.15, -0.1) is 11.8 Å². The summed E-state index contributed by atoms with van der Waals surface area (Å²) in [6, 6.07) is 6.13. The molecule has 0 aliphatic rings. The third kappa shape index (κ3) is 5.62. The SMILES string of the molecule is COc1ccc(NC(=O)CSC[C@H]([NH3+])C(=O)[O-])cc1. The molecule has 0 aliphatic heterocycles. The van der Waals surface area contributed by atoms with Gasteiger partial charge in [-0.1, -0.05) is 0 Å². The molecule has 0 spiro atoms. The number of carboxylic acids is 1. The Labute approximate surface area is 115 Å². The van der Waals surface area contributed by atoms with Crippen molar-refractivity contribution in [3.63, 3.8) is 0 Å². The highest BCUT2D eigenvalue weighted by Crippen LogP contribution is 2.15. The lowest BCUT2D eigenvalue weighted by Gasteiger charge is -2.09. The van der Waals surface area contributed by atoms with Crippen LogP contribution in [0.2, 0.25) is 0 Å². The van der Waals surface area contributed by atoms with Crippen molar-refractivity contribution in [2.75, 3.05) is 23.9 Å². The summed E-state index contributed by atoms with van der Waals surface area (Å²) < 4.78 is 5.00. The molecule has 0 aromatic heterocycles. The summed E-state index contributed by atoms with van der Waals surface area (Å²) in [5, 5.41) is 13.1. The number of carbonyl (C=O) groups is 2. The maximum Gasteiger partial charge on any atom is 0.234 e. The minimum atomic E-state index is -1.21. The number of rotatable bonds is 7. The highest BCUT2D eigenvalue weighted by molar-refractivity contribution is 8.00. The number of hydrogen-bond acceptors (Lipinski definition) is 5. The molecule has 0 heterocycles. The molecule has 4 N–H and O–H groups in total. The van der Waals surface area contributed by atoms with Crippen LogP contribution in [0.4, 0.5) is 5.69 Å². The molecule has 0 aliphatic carbocycles. The van der Waals surface area contributed by atoms with E-state index in [1.165, 1.54) is 11.8 Å². The normalized spacial score (nSPS) is 11.7. The smallest absolute Gasteiger partial charge is 0.234 e. The monoisotopic (exact) mass is 284 g/mol. The molecule has 6 nitrogen and oxygen atoms in total. The Morgan fingerprint density at radius 3 is 2.58 bits per heavy atom. The van der Waals surface area contributed by atoms with Crippen molar-refractivity contribution >= 4 is 29.3 Å². The molecule has 0 radical (unpaired) electrons. The van der Waals surface area contributed by atoms with E-state index in [1.807, 2.05) is 0 Å². The molecular weight excluding hydrogens is 268 g/mol. The van der Waals surface area contributed by atoms with E-state index in [1.54, 1.807) is 31.4 Å². The predicted molar refractivity (Wildman–Crippen MR) is 70.6 cm³/mol. The van der Waals surface area contributed by atoms with Gasteiger partial charge in [-0.25, -0.2) is 0 Å². The number of nitrogens with one attached hydrogen (secondary N) is 1. The van der Waals surface area contributed by atoms with Crippen LogP contribution >= 0.6 is 11.8 Å². The first kappa shape index (κ1) is 15.3. The fourth-order valence-electron chi connectivity index (χ4n) is 1.23. The minimum Gasteiger partial charge on any atom is -0.544 e. The number of quaternary nitrogens is 1. The van der Waals surface area contributed by atoms with Crippen LogP contribution in [0.15, 0.2) is 24.3 Å². The summed E-state index contributed by atoms with van der Waals surface area (Å²) in [7, 11) is 1.57. The average Bonchev–Trinajstić information content (AvgIpc) is 2.39. The quantitative estimate of drug-likeness (QED) is 0.649. The first-order valence-corrected chi connectivity index (χ1v) is 6.74. The van der Waals surface area contributed by atoms with Crippen molar-refractivity contribution in [3.05, 3.63) is 24.3 Å². The Balaban J connectivity index is 2.32. The van der Waals surface area contributed by atoms with Gasteiger partial charge in [0.15, 0.2) is 0 Å². The van der Waals surface area contributed by atoms with Gasteiger partial charge in [0.25, 0.3) is 0 Å². The van der Waals surface area contributed by atoms with Crippen molar-refractivity contribution in [3.8, 4) is 5.75 Å². The highest BCUT2D eigenvalue weighted by atomic mass is 32.2. The molecule has 19 heavy (non-hydrogen) atoms. The Bertz CT molecular complexity index is 436. The Kier molecular flexibility index (Phi) is 6.17. The van der Waals surface area contributed by atoms with E-state index in [0.29, 0.717) is 11.4 Å². The zero-order valence-corrected chi connectivity index (χ0v) is 11.4. The third-order valence-electron chi connectivity index (χ3n) is 2.26. The molecule has 7 heteroatoms. The molecular formula is C12H16N2O4S. The zero-order chi connectivity index (χ0) is 14.3. The van der Waals surface area contributed by atoms with Crippen LogP contribution < -0.4 is 20.9 Å². The first-order valence-electron chi connectivity index (χ1n) is 5.58. The number of carbonyl (C=O) groups excluding carboxylic acids is 2. The predicted octanol–water partition coefficient (Wildman–Crippen LogP) is -1.27. The largest absolute Gasteiger partial charge is 0.544 e. The van der Waals surface area contributed by atoms with E-state index >= 15 is 0 Å². The Hall–Kier alpha value is -1.73. The standard InChI is InChI=1S/C12H16N2O4S/c1-18-9-4-2-8(3-5-9)14-11(15)7-19-6-10(13)12(16)17/h2-5,10H,6-7,13H2,1H3,(H,14,15)(H,16,17)/t10-/m0/s1. The van der Waals surface area contributed by atoms with E-state index in [9.17, 15) is 14.7 Å². The summed E-state index contributed by atoms with van der Waals surface area (Å²) in [5.74, 6) is -0.269. The van der Waals surface area contributed by atoms with E-state index in [-0.39, 0.29) is 17.4 Å². The van der Waals surface area contributed by atoms with Crippen LogP contribution in [-0.2, 0) is 9.59 Å². The van der Waals surface area contributed by atoms with E-state index in [4.69, 9.17) is 4.74 Å². The van der Waals surface area contributed by atoms with Crippen LogP contribution in [-0.4, -0.2) is 36.5 Å². The molecule has 0 bridgehead atoms. The lowest BCUT2D eigenvalue weighted by Crippen LogP contribution is -2.69. The van der Waals surface area contributed by atoms with Gasteiger partial charge in [-0.3, -0.25) is 4.79 Å². The minimum absolute atomic E-state index is 0.172. The number of anilines is 1. The van der Waals surface area contributed by atoms with Crippen molar-refractivity contribution < 1.29 is 25.2 Å². The Morgan fingerprint density at radius 1 is 1.42 bits per heavy atom. The maximum absolute atomic E-state index is 11.6. The van der Waals surface area contributed by atoms with Gasteiger partial charge in [-0.05, 0) is 24.3 Å². The number of carboxylic acid groups (broad SMARTS) is 1. The summed E-state index contributed by atoms with van der Waals surface area (Å²) in [5.41, 5.74) is 4.07. The zero-order valence-electron chi connectivity index (χ0n) is 10.5. The molecule has 1 aromatic rings. The summed E-state index contributed by atoms with van der Waals surface area (Å²) in [6.45, 7) is 0. The third-order valence-corrected chi connectivity index (χ3v) is 3.36. The van der Waals surface area contributed by atoms with Gasteiger partial charge in [0, 0.05) is 5.69 Å². The van der Waals surface area contributed by atoms with Crippen LogP contribution in [0.25, 0.3) is 0 Å². The number of benzene rings is 1. The Morgan fingerprint density at radius 2 is 2.05 bits per heavy atom. The van der Waals surface area contributed by atoms with Gasteiger partial charge in [0.1, 0.15) is 11.8 Å². The lowest BCUT2D eigenvalue weighted by molar-refractivity contribution is -0.431. The van der Waals surface area contributed by atoms with Gasteiger partial charge in [0.05, 0.1) is 24.6 Å². The molecule has 104 valence electrons. The maximum atomic E-state index is 11.6. The summed E-state index contributed by atoms with van der Waals surface area (Å²) >= 11 is 1.20. The highest BCUT2D eigenvalue weighted by Gasteiger charge is 2.09. The molecule has 0 unspecified atom stereocenters. The van der Waals surface area contributed by atoms with Crippen molar-refractivity contribution in [1.29, 1.82) is 0 Å². The molecule has 0 fully saturated rings. The van der Waals surface area contributed by atoms with E-state index < -0.39 is 12.0 Å². The molecule has 1 rings (SSSR count). The number of thioether (sulfide) groups is 1. The van der Waals surface area contributed by atoms with Crippen molar-refractivity contribution in [1.82, 2.24) is 0 Å². The molecule has 1 aromatic carbocycles. The summed E-state index contributed by atoms with van der Waals surface area (Å²) in [6.07, 6.45) is 0. The van der Waals surface area contributed by atoms with Gasteiger partial charge in [0.2, 0.25) is 5.91 Å². The number of aliphatic carboxylic acids is 1. The van der Waals surface area contributed by atoms with Gasteiger partial charge >= 0.3 is 0 Å². The van der Waals surface area contributed by atoms with E-state index in [0.717, 1.165) is 0 Å². The van der Waals surface area contributed by atoms with Crippen LogP contribution in [0.5, 0.6) is 5.75 Å². The first-order chi connectivity index (χ1) is 9.02. The lowest BCUT2D eigenvalue weighted by atomic mass is 10.3. The molecule has 0 saturated heterocycles. The van der Waals surface area contributed by atoms with Crippen molar-refractivity contribution in [2.24, 2.45) is 0 Å². The molecule has 0 saturated carbocycles. The summed E-state index contributed by atoms with van der Waals surface area (Å²) in [4.78, 5) is 22.0. The van der Waals surface area contributed by atoms with Gasteiger partial charge < -0.3 is 25.7 Å². The van der Waals surface area contributed by atoms with Crippen molar-refractivity contribution in [2.45, 2.75) is 6.04 Å². The molecule has 1 amide bonds. The van der Waals surface area contributed by atoms with E-state index in [2.05, 4.69) is 11.1 Å². The second-order valence-corrected chi connectivity index (χ2v) is 4.84. The van der Waals surface area contributed by atoms with Crippen LogP contribution in [0, 0.1) is 0 Å².